The summed E-state index contributed by atoms with van der Waals surface area (Å²) >= 11 is 1.58. The van der Waals surface area contributed by atoms with Crippen molar-refractivity contribution in [2.75, 3.05) is 0 Å². The van der Waals surface area contributed by atoms with E-state index in [0.717, 1.165) is 27.8 Å². The SMILES string of the molecule is Cc1csc(/C=C/c2c(C)nnn2-c2ccc(F)cc2)n1. The second-order valence-corrected chi connectivity index (χ2v) is 5.50. The van der Waals surface area contributed by atoms with E-state index in [9.17, 15) is 4.39 Å². The number of nitrogens with zero attached hydrogens (tertiary/aromatic N) is 4. The molecular formula is C15H13FN4S. The summed E-state index contributed by atoms with van der Waals surface area (Å²) in [6.07, 6.45) is 3.86. The molecule has 0 radical (unpaired) electrons. The van der Waals surface area contributed by atoms with Crippen LogP contribution in [0.2, 0.25) is 0 Å². The summed E-state index contributed by atoms with van der Waals surface area (Å²) in [5.41, 5.74) is 3.44. The number of aromatic nitrogens is 4. The van der Waals surface area contributed by atoms with Crippen LogP contribution in [-0.2, 0) is 0 Å². The third kappa shape index (κ3) is 2.90. The van der Waals surface area contributed by atoms with Crippen LogP contribution in [0.3, 0.4) is 0 Å². The monoisotopic (exact) mass is 300 g/mol. The van der Waals surface area contributed by atoms with Gasteiger partial charge in [0.1, 0.15) is 10.8 Å². The Hall–Kier alpha value is -2.34. The Morgan fingerprint density at radius 2 is 1.90 bits per heavy atom. The molecule has 0 saturated heterocycles. The number of halogens is 1. The van der Waals surface area contributed by atoms with E-state index < -0.39 is 0 Å². The van der Waals surface area contributed by atoms with Crippen LogP contribution in [0, 0.1) is 19.7 Å². The maximum absolute atomic E-state index is 13.0. The molecule has 0 bridgehead atoms. The molecule has 2 aromatic heterocycles. The minimum atomic E-state index is -0.272. The highest BCUT2D eigenvalue weighted by Crippen LogP contribution is 2.17. The zero-order valence-electron chi connectivity index (χ0n) is 11.6. The van der Waals surface area contributed by atoms with Crippen molar-refractivity contribution in [1.29, 1.82) is 0 Å². The Morgan fingerprint density at radius 1 is 1.14 bits per heavy atom. The van der Waals surface area contributed by atoms with Gasteiger partial charge in [0, 0.05) is 11.1 Å². The maximum atomic E-state index is 13.0. The molecule has 0 N–H and O–H groups in total. The van der Waals surface area contributed by atoms with Crippen molar-refractivity contribution < 1.29 is 4.39 Å². The average molecular weight is 300 g/mol. The molecule has 0 aliphatic rings. The second-order valence-electron chi connectivity index (χ2n) is 4.61. The Balaban J connectivity index is 1.97. The summed E-state index contributed by atoms with van der Waals surface area (Å²) in [7, 11) is 0. The highest BCUT2D eigenvalue weighted by molar-refractivity contribution is 7.10. The van der Waals surface area contributed by atoms with E-state index in [4.69, 9.17) is 0 Å². The van der Waals surface area contributed by atoms with E-state index in [1.807, 2.05) is 31.4 Å². The summed E-state index contributed by atoms with van der Waals surface area (Å²) in [4.78, 5) is 4.39. The van der Waals surface area contributed by atoms with Gasteiger partial charge in [-0.25, -0.2) is 14.1 Å². The molecule has 0 atom stereocenters. The largest absolute Gasteiger partial charge is 0.242 e. The van der Waals surface area contributed by atoms with Crippen molar-refractivity contribution in [1.82, 2.24) is 20.0 Å². The highest BCUT2D eigenvalue weighted by atomic mass is 32.1. The second kappa shape index (κ2) is 5.57. The van der Waals surface area contributed by atoms with Crippen molar-refractivity contribution in [3.8, 4) is 5.69 Å². The molecule has 0 spiro atoms. The molecule has 0 aliphatic carbocycles. The molecule has 3 rings (SSSR count). The van der Waals surface area contributed by atoms with Crippen LogP contribution in [0.5, 0.6) is 0 Å². The number of thiazole rings is 1. The van der Waals surface area contributed by atoms with Gasteiger partial charge in [-0.1, -0.05) is 5.21 Å². The molecule has 1 aromatic carbocycles. The molecule has 0 fully saturated rings. The molecule has 0 saturated carbocycles. The van der Waals surface area contributed by atoms with E-state index in [1.165, 1.54) is 12.1 Å². The molecule has 4 nitrogen and oxygen atoms in total. The molecule has 0 amide bonds. The van der Waals surface area contributed by atoms with Crippen LogP contribution >= 0.6 is 11.3 Å². The van der Waals surface area contributed by atoms with E-state index in [2.05, 4.69) is 15.3 Å². The van der Waals surface area contributed by atoms with Gasteiger partial charge in [0.15, 0.2) is 0 Å². The van der Waals surface area contributed by atoms with Crippen LogP contribution < -0.4 is 0 Å². The molecule has 0 aliphatic heterocycles. The predicted octanol–water partition coefficient (Wildman–Crippen LogP) is 3.65. The van der Waals surface area contributed by atoms with Crippen LogP contribution in [0.1, 0.15) is 22.1 Å². The average Bonchev–Trinajstić information content (AvgIpc) is 3.04. The van der Waals surface area contributed by atoms with Gasteiger partial charge in [0.2, 0.25) is 0 Å². The van der Waals surface area contributed by atoms with E-state index in [1.54, 1.807) is 28.2 Å². The van der Waals surface area contributed by atoms with Gasteiger partial charge in [-0.05, 0) is 50.3 Å². The number of benzene rings is 1. The lowest BCUT2D eigenvalue weighted by molar-refractivity contribution is 0.626. The van der Waals surface area contributed by atoms with Crippen LogP contribution in [0.25, 0.3) is 17.8 Å². The molecule has 106 valence electrons. The van der Waals surface area contributed by atoms with E-state index >= 15 is 0 Å². The van der Waals surface area contributed by atoms with E-state index in [-0.39, 0.29) is 5.82 Å². The Kier molecular flexibility index (Phi) is 3.62. The Morgan fingerprint density at radius 3 is 2.57 bits per heavy atom. The molecule has 21 heavy (non-hydrogen) atoms. The lowest BCUT2D eigenvalue weighted by Gasteiger charge is -2.03. The number of hydrogen-bond donors (Lipinski definition) is 0. The molecular weight excluding hydrogens is 287 g/mol. The van der Waals surface area contributed by atoms with E-state index in [0.29, 0.717) is 0 Å². The molecule has 3 aromatic rings. The normalized spacial score (nSPS) is 11.4. The fraction of sp³-hybridized carbons (Fsp3) is 0.133. The van der Waals surface area contributed by atoms with Crippen molar-refractivity contribution in [3.05, 3.63) is 57.6 Å². The van der Waals surface area contributed by atoms with Gasteiger partial charge >= 0.3 is 0 Å². The van der Waals surface area contributed by atoms with Gasteiger partial charge in [0.25, 0.3) is 0 Å². The van der Waals surface area contributed by atoms with Crippen molar-refractivity contribution in [2.45, 2.75) is 13.8 Å². The number of rotatable bonds is 3. The lowest BCUT2D eigenvalue weighted by atomic mass is 10.2. The minimum absolute atomic E-state index is 0.272. The van der Waals surface area contributed by atoms with Crippen LogP contribution in [0.15, 0.2) is 29.6 Å². The summed E-state index contributed by atoms with van der Waals surface area (Å²) < 4.78 is 14.7. The van der Waals surface area contributed by atoms with Gasteiger partial charge < -0.3 is 0 Å². The first-order chi connectivity index (χ1) is 10.1. The first-order valence-corrected chi connectivity index (χ1v) is 7.30. The number of aryl methyl sites for hydroxylation is 2. The molecule has 0 unspecified atom stereocenters. The van der Waals surface area contributed by atoms with Gasteiger partial charge in [-0.2, -0.15) is 0 Å². The van der Waals surface area contributed by atoms with Crippen LogP contribution in [0.4, 0.5) is 4.39 Å². The topological polar surface area (TPSA) is 43.6 Å². The predicted molar refractivity (Wildman–Crippen MR) is 81.8 cm³/mol. The third-order valence-electron chi connectivity index (χ3n) is 2.97. The van der Waals surface area contributed by atoms with Crippen molar-refractivity contribution >= 4 is 23.5 Å². The third-order valence-corrected chi connectivity index (χ3v) is 3.90. The summed E-state index contributed by atoms with van der Waals surface area (Å²) in [6, 6.07) is 6.16. The number of hydrogen-bond acceptors (Lipinski definition) is 4. The summed E-state index contributed by atoms with van der Waals surface area (Å²) in [6.45, 7) is 3.85. The van der Waals surface area contributed by atoms with Crippen molar-refractivity contribution in [2.24, 2.45) is 0 Å². The Labute approximate surface area is 125 Å². The van der Waals surface area contributed by atoms with Gasteiger partial charge in [-0.15, -0.1) is 16.4 Å². The Bertz CT molecular complexity index is 786. The van der Waals surface area contributed by atoms with Crippen LogP contribution in [-0.4, -0.2) is 20.0 Å². The first-order valence-electron chi connectivity index (χ1n) is 6.42. The smallest absolute Gasteiger partial charge is 0.123 e. The van der Waals surface area contributed by atoms with Gasteiger partial charge in [0.05, 0.1) is 17.1 Å². The fourth-order valence-corrected chi connectivity index (χ4v) is 2.61. The maximum Gasteiger partial charge on any atom is 0.123 e. The fourth-order valence-electron chi connectivity index (χ4n) is 1.93. The van der Waals surface area contributed by atoms with Crippen molar-refractivity contribution in [3.63, 3.8) is 0 Å². The summed E-state index contributed by atoms with van der Waals surface area (Å²) in [5.74, 6) is -0.272. The highest BCUT2D eigenvalue weighted by Gasteiger charge is 2.08. The molecule has 2 heterocycles. The zero-order chi connectivity index (χ0) is 14.8. The zero-order valence-corrected chi connectivity index (χ0v) is 12.4. The summed E-state index contributed by atoms with van der Waals surface area (Å²) in [5, 5.41) is 11.1. The molecule has 6 heteroatoms. The standard InChI is InChI=1S/C15H13FN4S/c1-10-9-21-15(17-10)8-7-14-11(2)18-19-20(14)13-5-3-12(16)4-6-13/h3-9H,1-2H3/b8-7+. The minimum Gasteiger partial charge on any atom is -0.242 e. The lowest BCUT2D eigenvalue weighted by Crippen LogP contribution is -1.99. The van der Waals surface area contributed by atoms with Gasteiger partial charge in [-0.3, -0.25) is 0 Å². The quantitative estimate of drug-likeness (QED) is 0.741. The first kappa shape index (κ1) is 13.6.